The molecule has 0 aliphatic heterocycles. The van der Waals surface area contributed by atoms with E-state index in [0.29, 0.717) is 12.8 Å². The highest BCUT2D eigenvalue weighted by Crippen LogP contribution is 2.32. The van der Waals surface area contributed by atoms with Crippen LogP contribution in [0.15, 0.2) is 0 Å². The molecule has 1 aliphatic rings. The van der Waals surface area contributed by atoms with E-state index in [2.05, 4.69) is 5.32 Å². The van der Waals surface area contributed by atoms with Gasteiger partial charge in [-0.3, -0.25) is 9.59 Å². The minimum Gasteiger partial charge on any atom is -0.480 e. The second-order valence-corrected chi connectivity index (χ2v) is 5.44. The van der Waals surface area contributed by atoms with E-state index in [1.807, 2.05) is 6.92 Å². The van der Waals surface area contributed by atoms with E-state index in [-0.39, 0.29) is 25.4 Å². The van der Waals surface area contributed by atoms with Gasteiger partial charge in [-0.25, -0.2) is 4.79 Å². The summed E-state index contributed by atoms with van der Waals surface area (Å²) < 4.78 is 4.74. The first-order valence-corrected chi connectivity index (χ1v) is 7.09. The molecule has 6 heteroatoms. The lowest BCUT2D eigenvalue weighted by Crippen LogP contribution is -2.56. The van der Waals surface area contributed by atoms with Crippen molar-refractivity contribution in [1.29, 1.82) is 0 Å². The van der Waals surface area contributed by atoms with Crippen molar-refractivity contribution in [2.45, 2.75) is 57.9 Å². The molecule has 0 aromatic carbocycles. The Morgan fingerprint density at radius 1 is 1.35 bits per heavy atom. The minimum atomic E-state index is -1.18. The highest BCUT2D eigenvalue weighted by molar-refractivity contribution is 5.88. The lowest BCUT2D eigenvalue weighted by Gasteiger charge is -2.37. The number of carboxylic acid groups (broad SMARTS) is 1. The Balaban J connectivity index is 2.55. The molecule has 114 valence electrons. The Hall–Kier alpha value is -1.59. The number of ether oxygens (including phenoxy) is 1. The third-order valence-electron chi connectivity index (χ3n) is 3.65. The predicted octanol–water partition coefficient (Wildman–Crippen LogP) is 1.48. The summed E-state index contributed by atoms with van der Waals surface area (Å²) in [5, 5.41) is 12.0. The smallest absolute Gasteiger partial charge is 0.329 e. The minimum absolute atomic E-state index is 0.0229. The maximum atomic E-state index is 11.9. The van der Waals surface area contributed by atoms with Gasteiger partial charge in [0.2, 0.25) is 5.91 Å². The number of hydrogen-bond donors (Lipinski definition) is 2. The monoisotopic (exact) mass is 285 g/mol. The zero-order valence-corrected chi connectivity index (χ0v) is 12.1. The molecule has 0 aromatic rings. The summed E-state index contributed by atoms with van der Waals surface area (Å²) in [4.78, 5) is 34.5. The van der Waals surface area contributed by atoms with Crippen LogP contribution < -0.4 is 5.32 Å². The van der Waals surface area contributed by atoms with Crippen LogP contribution in [0.4, 0.5) is 0 Å². The fourth-order valence-electron chi connectivity index (χ4n) is 2.69. The SMILES string of the molecule is CCOC(=O)CCC(=O)NC1(C(=O)O)CCCC(C)C1. The van der Waals surface area contributed by atoms with E-state index >= 15 is 0 Å². The lowest BCUT2D eigenvalue weighted by atomic mass is 9.76. The van der Waals surface area contributed by atoms with Gasteiger partial charge in [-0.05, 0) is 25.7 Å². The van der Waals surface area contributed by atoms with Crippen LogP contribution in [0, 0.1) is 5.92 Å². The first kappa shape index (κ1) is 16.5. The molecular formula is C14H23NO5. The van der Waals surface area contributed by atoms with Crippen molar-refractivity contribution >= 4 is 17.8 Å². The fourth-order valence-corrected chi connectivity index (χ4v) is 2.69. The van der Waals surface area contributed by atoms with Gasteiger partial charge < -0.3 is 15.2 Å². The number of hydrogen-bond acceptors (Lipinski definition) is 4. The van der Waals surface area contributed by atoms with Crippen LogP contribution in [-0.4, -0.2) is 35.1 Å². The van der Waals surface area contributed by atoms with E-state index in [1.54, 1.807) is 6.92 Å². The predicted molar refractivity (Wildman–Crippen MR) is 72.0 cm³/mol. The summed E-state index contributed by atoms with van der Waals surface area (Å²) in [7, 11) is 0. The molecule has 0 heterocycles. The van der Waals surface area contributed by atoms with Gasteiger partial charge in [-0.15, -0.1) is 0 Å². The average molecular weight is 285 g/mol. The topological polar surface area (TPSA) is 92.7 Å². The standard InChI is InChI=1S/C14H23NO5/c1-3-20-12(17)7-6-11(16)15-14(13(18)19)8-4-5-10(2)9-14/h10H,3-9H2,1-2H3,(H,15,16)(H,18,19). The van der Waals surface area contributed by atoms with Gasteiger partial charge in [0.15, 0.2) is 0 Å². The molecule has 0 aromatic heterocycles. The molecule has 2 unspecified atom stereocenters. The van der Waals surface area contributed by atoms with Gasteiger partial charge in [0.1, 0.15) is 5.54 Å². The molecule has 1 aliphatic carbocycles. The molecule has 0 radical (unpaired) electrons. The zero-order chi connectivity index (χ0) is 15.2. The van der Waals surface area contributed by atoms with E-state index < -0.39 is 23.4 Å². The van der Waals surface area contributed by atoms with Gasteiger partial charge in [0.25, 0.3) is 0 Å². The molecule has 1 amide bonds. The molecular weight excluding hydrogens is 262 g/mol. The van der Waals surface area contributed by atoms with Gasteiger partial charge in [0.05, 0.1) is 13.0 Å². The van der Waals surface area contributed by atoms with E-state index in [0.717, 1.165) is 12.8 Å². The number of carboxylic acids is 1. The summed E-state index contributed by atoms with van der Waals surface area (Å²) in [6.45, 7) is 3.96. The highest BCUT2D eigenvalue weighted by Gasteiger charge is 2.43. The summed E-state index contributed by atoms with van der Waals surface area (Å²) in [5.41, 5.74) is -1.18. The van der Waals surface area contributed by atoms with Crippen molar-refractivity contribution in [2.75, 3.05) is 6.61 Å². The molecule has 1 rings (SSSR count). The Kier molecular flexibility index (Phi) is 5.98. The van der Waals surface area contributed by atoms with Gasteiger partial charge in [-0.1, -0.05) is 19.8 Å². The van der Waals surface area contributed by atoms with E-state index in [4.69, 9.17) is 4.74 Å². The molecule has 6 nitrogen and oxygen atoms in total. The van der Waals surface area contributed by atoms with Crippen LogP contribution in [-0.2, 0) is 19.1 Å². The van der Waals surface area contributed by atoms with Crippen molar-refractivity contribution < 1.29 is 24.2 Å². The fraction of sp³-hybridized carbons (Fsp3) is 0.786. The summed E-state index contributed by atoms with van der Waals surface area (Å²) in [6, 6.07) is 0. The number of carbonyl (C=O) groups excluding carboxylic acids is 2. The average Bonchev–Trinajstić information content (AvgIpc) is 2.36. The zero-order valence-electron chi connectivity index (χ0n) is 12.1. The summed E-state index contributed by atoms with van der Waals surface area (Å²) >= 11 is 0. The Bertz CT molecular complexity index is 382. The van der Waals surface area contributed by atoms with Crippen molar-refractivity contribution in [3.63, 3.8) is 0 Å². The van der Waals surface area contributed by atoms with E-state index in [9.17, 15) is 19.5 Å². The second-order valence-electron chi connectivity index (χ2n) is 5.44. The molecule has 2 N–H and O–H groups in total. The van der Waals surface area contributed by atoms with Gasteiger partial charge in [0, 0.05) is 6.42 Å². The van der Waals surface area contributed by atoms with Gasteiger partial charge >= 0.3 is 11.9 Å². The number of carbonyl (C=O) groups is 3. The first-order valence-electron chi connectivity index (χ1n) is 7.09. The Morgan fingerprint density at radius 2 is 2.05 bits per heavy atom. The Morgan fingerprint density at radius 3 is 2.60 bits per heavy atom. The van der Waals surface area contributed by atoms with Crippen molar-refractivity contribution in [3.05, 3.63) is 0 Å². The quantitative estimate of drug-likeness (QED) is 0.721. The molecule has 2 atom stereocenters. The normalized spacial score (nSPS) is 25.8. The number of amides is 1. The number of nitrogens with one attached hydrogen (secondary N) is 1. The number of rotatable bonds is 6. The van der Waals surface area contributed by atoms with Crippen molar-refractivity contribution in [3.8, 4) is 0 Å². The van der Waals surface area contributed by atoms with Crippen molar-refractivity contribution in [1.82, 2.24) is 5.32 Å². The van der Waals surface area contributed by atoms with Crippen molar-refractivity contribution in [2.24, 2.45) is 5.92 Å². The molecule has 0 saturated heterocycles. The third-order valence-corrected chi connectivity index (χ3v) is 3.65. The van der Waals surface area contributed by atoms with Crippen LogP contribution in [0.2, 0.25) is 0 Å². The summed E-state index contributed by atoms with van der Waals surface area (Å²) in [5.74, 6) is -1.57. The Labute approximate surface area is 118 Å². The first-order chi connectivity index (χ1) is 9.39. The molecule has 1 saturated carbocycles. The van der Waals surface area contributed by atoms with Gasteiger partial charge in [-0.2, -0.15) is 0 Å². The maximum Gasteiger partial charge on any atom is 0.329 e. The summed E-state index contributed by atoms with van der Waals surface area (Å²) in [6.07, 6.45) is 2.58. The maximum absolute atomic E-state index is 11.9. The molecule has 1 fully saturated rings. The van der Waals surface area contributed by atoms with Crippen LogP contribution in [0.25, 0.3) is 0 Å². The highest BCUT2D eigenvalue weighted by atomic mass is 16.5. The number of aliphatic carboxylic acids is 1. The third kappa shape index (κ3) is 4.51. The molecule has 0 bridgehead atoms. The van der Waals surface area contributed by atoms with Crippen LogP contribution in [0.1, 0.15) is 52.4 Å². The second kappa shape index (κ2) is 7.26. The van der Waals surface area contributed by atoms with Crippen LogP contribution in [0.3, 0.4) is 0 Å². The molecule has 20 heavy (non-hydrogen) atoms. The lowest BCUT2D eigenvalue weighted by molar-refractivity contribution is -0.150. The molecule has 0 spiro atoms. The van der Waals surface area contributed by atoms with Crippen LogP contribution in [0.5, 0.6) is 0 Å². The number of esters is 1. The van der Waals surface area contributed by atoms with Crippen LogP contribution >= 0.6 is 0 Å². The van der Waals surface area contributed by atoms with E-state index in [1.165, 1.54) is 0 Å². The largest absolute Gasteiger partial charge is 0.480 e.